The average Bonchev–Trinajstić information content (AvgIpc) is 2.00. The lowest BCUT2D eigenvalue weighted by Crippen LogP contribution is -2.11. The standard InChI is InChI=1S/C7H11BrN2S/c1-3-5(8)7(10)6(9)4(2)11/h3,11H,1,9-10H2,2H3/b6-4-,7-5-. The van der Waals surface area contributed by atoms with E-state index >= 15 is 0 Å². The van der Waals surface area contributed by atoms with Crippen LogP contribution in [0.2, 0.25) is 0 Å². The summed E-state index contributed by atoms with van der Waals surface area (Å²) in [7, 11) is 0. The molecule has 0 spiro atoms. The van der Waals surface area contributed by atoms with Gasteiger partial charge in [0.2, 0.25) is 0 Å². The third-order valence-electron chi connectivity index (χ3n) is 1.12. The molecule has 0 aliphatic heterocycles. The summed E-state index contributed by atoms with van der Waals surface area (Å²) in [6.45, 7) is 5.31. The fraction of sp³-hybridized carbons (Fsp3) is 0.143. The fourth-order valence-electron chi connectivity index (χ4n) is 0.434. The Morgan fingerprint density at radius 1 is 1.45 bits per heavy atom. The molecule has 0 heterocycles. The van der Waals surface area contributed by atoms with Crippen LogP contribution in [0.1, 0.15) is 6.92 Å². The van der Waals surface area contributed by atoms with Gasteiger partial charge in [0.1, 0.15) is 0 Å². The van der Waals surface area contributed by atoms with Crippen molar-refractivity contribution in [1.82, 2.24) is 0 Å². The smallest absolute Gasteiger partial charge is 0.0699 e. The first-order valence-corrected chi connectivity index (χ1v) is 4.18. The van der Waals surface area contributed by atoms with E-state index in [4.69, 9.17) is 11.5 Å². The van der Waals surface area contributed by atoms with E-state index in [1.807, 2.05) is 0 Å². The second-order valence-electron chi connectivity index (χ2n) is 1.96. The van der Waals surface area contributed by atoms with Crippen LogP contribution < -0.4 is 11.5 Å². The second-order valence-corrected chi connectivity index (χ2v) is 3.49. The first kappa shape index (κ1) is 10.7. The van der Waals surface area contributed by atoms with Gasteiger partial charge < -0.3 is 11.5 Å². The number of nitrogens with two attached hydrogens (primary N) is 2. The molecule has 0 saturated heterocycles. The van der Waals surface area contributed by atoms with Crippen molar-refractivity contribution in [3.63, 3.8) is 0 Å². The average molecular weight is 235 g/mol. The number of hydrogen-bond donors (Lipinski definition) is 3. The van der Waals surface area contributed by atoms with Crippen molar-refractivity contribution in [1.29, 1.82) is 0 Å². The van der Waals surface area contributed by atoms with Gasteiger partial charge in [-0.05, 0) is 22.9 Å². The molecule has 0 aromatic rings. The molecule has 0 unspecified atom stereocenters. The second kappa shape index (κ2) is 4.51. The highest BCUT2D eigenvalue weighted by atomic mass is 79.9. The third kappa shape index (κ3) is 3.03. The molecule has 0 aromatic heterocycles. The molecule has 4 heteroatoms. The first-order chi connectivity index (χ1) is 5.00. The van der Waals surface area contributed by atoms with Crippen LogP contribution >= 0.6 is 28.6 Å². The van der Waals surface area contributed by atoms with Gasteiger partial charge in [0.25, 0.3) is 0 Å². The van der Waals surface area contributed by atoms with Crippen LogP contribution in [0.4, 0.5) is 0 Å². The lowest BCUT2D eigenvalue weighted by atomic mass is 10.3. The lowest BCUT2D eigenvalue weighted by molar-refractivity contribution is 1.22. The van der Waals surface area contributed by atoms with E-state index in [1.54, 1.807) is 13.0 Å². The van der Waals surface area contributed by atoms with Crippen molar-refractivity contribution in [2.45, 2.75) is 6.92 Å². The van der Waals surface area contributed by atoms with Crippen molar-refractivity contribution in [2.75, 3.05) is 0 Å². The Labute approximate surface area is 80.6 Å². The summed E-state index contributed by atoms with van der Waals surface area (Å²) in [5.74, 6) is 0. The van der Waals surface area contributed by atoms with Crippen molar-refractivity contribution < 1.29 is 0 Å². The zero-order valence-electron chi connectivity index (χ0n) is 6.26. The molecule has 0 rings (SSSR count). The van der Waals surface area contributed by atoms with Crippen LogP contribution in [0.3, 0.4) is 0 Å². The zero-order valence-corrected chi connectivity index (χ0v) is 8.74. The molecule has 0 bridgehead atoms. The number of thiol groups is 1. The number of allylic oxidation sites excluding steroid dienone is 3. The van der Waals surface area contributed by atoms with Crippen molar-refractivity contribution >= 4 is 28.6 Å². The summed E-state index contributed by atoms with van der Waals surface area (Å²) in [4.78, 5) is 0.696. The summed E-state index contributed by atoms with van der Waals surface area (Å²) in [6.07, 6.45) is 1.58. The predicted molar refractivity (Wildman–Crippen MR) is 56.2 cm³/mol. The highest BCUT2D eigenvalue weighted by Gasteiger charge is 2.00. The van der Waals surface area contributed by atoms with Gasteiger partial charge in [-0.25, -0.2) is 0 Å². The summed E-state index contributed by atoms with van der Waals surface area (Å²) in [6, 6.07) is 0. The van der Waals surface area contributed by atoms with E-state index in [2.05, 4.69) is 35.1 Å². The number of hydrogen-bond acceptors (Lipinski definition) is 3. The molecular formula is C7H11BrN2S. The maximum absolute atomic E-state index is 5.60. The Bertz CT molecular complexity index is 227. The van der Waals surface area contributed by atoms with E-state index < -0.39 is 0 Å². The number of halogens is 1. The minimum Gasteiger partial charge on any atom is -0.396 e. The van der Waals surface area contributed by atoms with Crippen LogP contribution in [0, 0.1) is 0 Å². The Balaban J connectivity index is 4.90. The first-order valence-electron chi connectivity index (χ1n) is 2.94. The third-order valence-corrected chi connectivity index (χ3v) is 2.11. The summed E-state index contributed by atoms with van der Waals surface area (Å²) in [5.41, 5.74) is 12.1. The van der Waals surface area contributed by atoms with E-state index in [-0.39, 0.29) is 0 Å². The summed E-state index contributed by atoms with van der Waals surface area (Å²) >= 11 is 7.25. The SMILES string of the molecule is C=C/C(Br)=C(N)\C(N)=C(/C)S. The fourth-order valence-corrected chi connectivity index (χ4v) is 0.768. The lowest BCUT2D eigenvalue weighted by Gasteiger charge is -2.04. The van der Waals surface area contributed by atoms with E-state index in [0.717, 1.165) is 0 Å². The van der Waals surface area contributed by atoms with Gasteiger partial charge in [0.15, 0.2) is 0 Å². The van der Waals surface area contributed by atoms with Gasteiger partial charge >= 0.3 is 0 Å². The zero-order chi connectivity index (χ0) is 9.02. The van der Waals surface area contributed by atoms with Crippen molar-refractivity contribution in [3.8, 4) is 0 Å². The molecule has 11 heavy (non-hydrogen) atoms. The molecule has 0 atom stereocenters. The van der Waals surface area contributed by atoms with Crippen molar-refractivity contribution in [2.24, 2.45) is 11.5 Å². The van der Waals surface area contributed by atoms with Gasteiger partial charge in [-0.1, -0.05) is 12.7 Å². The van der Waals surface area contributed by atoms with Gasteiger partial charge in [0, 0.05) is 9.39 Å². The van der Waals surface area contributed by atoms with Crippen LogP contribution in [0.5, 0.6) is 0 Å². The van der Waals surface area contributed by atoms with Gasteiger partial charge in [-0.2, -0.15) is 0 Å². The topological polar surface area (TPSA) is 52.0 Å². The van der Waals surface area contributed by atoms with E-state index in [0.29, 0.717) is 20.8 Å². The van der Waals surface area contributed by atoms with E-state index in [9.17, 15) is 0 Å². The Morgan fingerprint density at radius 2 is 1.91 bits per heavy atom. The van der Waals surface area contributed by atoms with Gasteiger partial charge in [-0.3, -0.25) is 0 Å². The molecule has 0 aliphatic carbocycles. The van der Waals surface area contributed by atoms with Crippen molar-refractivity contribution in [3.05, 3.63) is 33.4 Å². The highest BCUT2D eigenvalue weighted by Crippen LogP contribution is 2.16. The predicted octanol–water partition coefficient (Wildman–Crippen LogP) is 1.86. The largest absolute Gasteiger partial charge is 0.396 e. The monoisotopic (exact) mass is 234 g/mol. The molecule has 4 N–H and O–H groups in total. The van der Waals surface area contributed by atoms with Crippen LogP contribution in [-0.2, 0) is 0 Å². The quantitative estimate of drug-likeness (QED) is 0.505. The Hall–Kier alpha value is -0.350. The molecule has 0 amide bonds. The molecule has 62 valence electrons. The highest BCUT2D eigenvalue weighted by molar-refractivity contribution is 9.11. The summed E-state index contributed by atoms with van der Waals surface area (Å²) in [5, 5.41) is 0. The number of rotatable bonds is 2. The van der Waals surface area contributed by atoms with Gasteiger partial charge in [-0.15, -0.1) is 12.6 Å². The molecule has 0 aliphatic rings. The molecule has 0 fully saturated rings. The maximum Gasteiger partial charge on any atom is 0.0699 e. The van der Waals surface area contributed by atoms with Crippen LogP contribution in [0.25, 0.3) is 0 Å². The Kier molecular flexibility index (Phi) is 4.37. The minimum absolute atomic E-state index is 0.465. The van der Waals surface area contributed by atoms with Crippen LogP contribution in [-0.4, -0.2) is 0 Å². The van der Waals surface area contributed by atoms with E-state index in [1.165, 1.54) is 0 Å². The molecule has 0 aromatic carbocycles. The molecule has 0 radical (unpaired) electrons. The molecular weight excluding hydrogens is 224 g/mol. The summed E-state index contributed by atoms with van der Waals surface area (Å²) < 4.78 is 0.684. The normalized spacial score (nSPS) is 15.2. The Morgan fingerprint density at radius 3 is 2.18 bits per heavy atom. The molecule has 2 nitrogen and oxygen atoms in total. The molecule has 0 saturated carbocycles. The van der Waals surface area contributed by atoms with Crippen LogP contribution in [0.15, 0.2) is 33.4 Å². The maximum atomic E-state index is 5.60. The van der Waals surface area contributed by atoms with Gasteiger partial charge in [0.05, 0.1) is 11.4 Å². The minimum atomic E-state index is 0.465.